The lowest BCUT2D eigenvalue weighted by atomic mass is 10.2. The van der Waals surface area contributed by atoms with E-state index in [0.717, 1.165) is 4.68 Å². The number of nitrogens with zero attached hydrogens (tertiary/aromatic N) is 2. The molecule has 8 heteroatoms. The monoisotopic (exact) mass is 350 g/mol. The van der Waals surface area contributed by atoms with E-state index in [2.05, 4.69) is 15.1 Å². The average molecular weight is 350 g/mol. The summed E-state index contributed by atoms with van der Waals surface area (Å²) in [6, 6.07) is 11.6. The van der Waals surface area contributed by atoms with E-state index >= 15 is 0 Å². The number of aromatic nitrogens is 3. The number of nitrogens with one attached hydrogen (secondary N) is 2. The highest BCUT2D eigenvalue weighted by Crippen LogP contribution is 2.24. The van der Waals surface area contributed by atoms with Crippen molar-refractivity contribution in [1.29, 1.82) is 0 Å². The number of phenols is 1. The molecular weight excluding hydrogens is 336 g/mol. The summed E-state index contributed by atoms with van der Waals surface area (Å²) < 4.78 is 5.91. The second-order valence-electron chi connectivity index (χ2n) is 5.67. The Labute approximate surface area is 146 Å². The number of aromatic amines is 2. The Morgan fingerprint density at radius 2 is 1.96 bits per heavy atom. The van der Waals surface area contributed by atoms with Crippen molar-refractivity contribution in [3.8, 4) is 11.5 Å². The molecule has 0 saturated carbocycles. The van der Waals surface area contributed by atoms with Crippen LogP contribution in [-0.4, -0.2) is 33.1 Å². The predicted molar refractivity (Wildman–Crippen MR) is 98.3 cm³/mol. The Hall–Kier alpha value is -3.81. The Morgan fingerprint density at radius 1 is 1.12 bits per heavy atom. The molecule has 0 fully saturated rings. The van der Waals surface area contributed by atoms with Crippen LogP contribution in [0.4, 0.5) is 0 Å². The lowest BCUT2D eigenvalue weighted by Gasteiger charge is -1.99. The van der Waals surface area contributed by atoms with E-state index in [0.29, 0.717) is 27.7 Å². The molecule has 4 rings (SSSR count). The predicted octanol–water partition coefficient (Wildman–Crippen LogP) is 1.77. The first-order valence-electron chi connectivity index (χ1n) is 7.75. The maximum absolute atomic E-state index is 12.7. The van der Waals surface area contributed by atoms with E-state index in [-0.39, 0.29) is 11.3 Å². The van der Waals surface area contributed by atoms with Crippen LogP contribution >= 0.6 is 0 Å². The third kappa shape index (κ3) is 2.53. The molecule has 0 saturated heterocycles. The number of benzene rings is 2. The number of hydrogen-bond donors (Lipinski definition) is 3. The van der Waals surface area contributed by atoms with Gasteiger partial charge in [0, 0.05) is 11.5 Å². The second kappa shape index (κ2) is 5.92. The van der Waals surface area contributed by atoms with Gasteiger partial charge in [-0.2, -0.15) is 5.10 Å². The molecule has 0 aliphatic heterocycles. The Kier molecular flexibility index (Phi) is 3.58. The van der Waals surface area contributed by atoms with Gasteiger partial charge in [0.25, 0.3) is 0 Å². The van der Waals surface area contributed by atoms with Crippen molar-refractivity contribution in [1.82, 2.24) is 14.6 Å². The first-order chi connectivity index (χ1) is 12.6. The fourth-order valence-corrected chi connectivity index (χ4v) is 2.79. The molecule has 8 nitrogen and oxygen atoms in total. The Balaban J connectivity index is 1.90. The maximum Gasteiger partial charge on any atom is 0.350 e. The van der Waals surface area contributed by atoms with Gasteiger partial charge in [-0.1, -0.05) is 12.1 Å². The summed E-state index contributed by atoms with van der Waals surface area (Å²) >= 11 is 0. The topological polar surface area (TPSA) is 112 Å². The molecule has 0 unspecified atom stereocenters. The van der Waals surface area contributed by atoms with Gasteiger partial charge in [0.05, 0.1) is 24.4 Å². The highest BCUT2D eigenvalue weighted by Gasteiger charge is 2.13. The number of ether oxygens (including phenoxy) is 1. The first kappa shape index (κ1) is 15.7. The van der Waals surface area contributed by atoms with Gasteiger partial charge in [0.15, 0.2) is 0 Å². The minimum absolute atomic E-state index is 0.0650. The van der Waals surface area contributed by atoms with Crippen LogP contribution in [0.15, 0.2) is 57.2 Å². The molecule has 2 heterocycles. The zero-order valence-electron chi connectivity index (χ0n) is 13.7. The molecule has 26 heavy (non-hydrogen) atoms. The lowest BCUT2D eigenvalue weighted by Crippen LogP contribution is -2.32. The van der Waals surface area contributed by atoms with Crippen LogP contribution in [-0.2, 0) is 0 Å². The summed E-state index contributed by atoms with van der Waals surface area (Å²) in [5.41, 5.74) is 0.646. The summed E-state index contributed by atoms with van der Waals surface area (Å²) in [5, 5.41) is 14.1. The van der Waals surface area contributed by atoms with Gasteiger partial charge in [0.1, 0.15) is 17.0 Å². The van der Waals surface area contributed by atoms with Gasteiger partial charge in [-0.25, -0.2) is 4.79 Å². The third-order valence-corrected chi connectivity index (χ3v) is 4.03. The standard InChI is InChI=1S/C18H14N4O4/c1-26-12-5-6-13-14(8-12)20-16-15(13)21-18(25)22(17(16)24)19-9-10-3-2-4-11(23)7-10/h2-9,20,23H,1H3,(H,21,25)/b19-9+. The quantitative estimate of drug-likeness (QED) is 0.489. The minimum Gasteiger partial charge on any atom is -0.508 e. The van der Waals surface area contributed by atoms with Gasteiger partial charge < -0.3 is 19.8 Å². The van der Waals surface area contributed by atoms with E-state index in [9.17, 15) is 14.7 Å². The van der Waals surface area contributed by atoms with Crippen molar-refractivity contribution in [2.75, 3.05) is 7.11 Å². The summed E-state index contributed by atoms with van der Waals surface area (Å²) in [4.78, 5) is 30.7. The molecule has 0 aliphatic rings. The molecule has 0 radical (unpaired) electrons. The Morgan fingerprint density at radius 3 is 2.73 bits per heavy atom. The molecule has 0 amide bonds. The molecule has 0 aliphatic carbocycles. The van der Waals surface area contributed by atoms with Gasteiger partial charge in [-0.3, -0.25) is 4.79 Å². The Bertz CT molecular complexity index is 1280. The maximum atomic E-state index is 12.7. The SMILES string of the molecule is COc1ccc2c(c1)[nH]c1c(=O)n(/N=C/c3cccc(O)c3)c(=O)[nH]c12. The molecule has 0 spiro atoms. The van der Waals surface area contributed by atoms with Gasteiger partial charge >= 0.3 is 11.2 Å². The number of H-pyrrole nitrogens is 2. The smallest absolute Gasteiger partial charge is 0.350 e. The van der Waals surface area contributed by atoms with Crippen LogP contribution < -0.4 is 16.0 Å². The molecule has 2 aromatic heterocycles. The summed E-state index contributed by atoms with van der Waals surface area (Å²) in [6.07, 6.45) is 1.33. The van der Waals surface area contributed by atoms with E-state index in [1.54, 1.807) is 37.4 Å². The van der Waals surface area contributed by atoms with E-state index < -0.39 is 11.2 Å². The normalized spacial score (nSPS) is 11.6. The summed E-state index contributed by atoms with van der Waals surface area (Å²) in [6.45, 7) is 0. The van der Waals surface area contributed by atoms with Crippen molar-refractivity contribution in [3.05, 3.63) is 68.9 Å². The number of phenolic OH excluding ortho intramolecular Hbond substituents is 1. The fourth-order valence-electron chi connectivity index (χ4n) is 2.79. The zero-order chi connectivity index (χ0) is 18.3. The van der Waals surface area contributed by atoms with Crippen LogP contribution in [0.3, 0.4) is 0 Å². The van der Waals surface area contributed by atoms with Gasteiger partial charge in [-0.15, -0.1) is 4.68 Å². The van der Waals surface area contributed by atoms with Crippen molar-refractivity contribution in [3.63, 3.8) is 0 Å². The lowest BCUT2D eigenvalue weighted by molar-refractivity contribution is 0.415. The van der Waals surface area contributed by atoms with Crippen molar-refractivity contribution >= 4 is 28.2 Å². The highest BCUT2D eigenvalue weighted by molar-refractivity contribution is 6.04. The highest BCUT2D eigenvalue weighted by atomic mass is 16.5. The average Bonchev–Trinajstić information content (AvgIpc) is 2.99. The minimum atomic E-state index is -0.657. The second-order valence-corrected chi connectivity index (χ2v) is 5.67. The molecule has 0 atom stereocenters. The molecular formula is C18H14N4O4. The van der Waals surface area contributed by atoms with Gasteiger partial charge in [-0.05, 0) is 29.8 Å². The number of rotatable bonds is 3. The third-order valence-electron chi connectivity index (χ3n) is 4.03. The van der Waals surface area contributed by atoms with Crippen LogP contribution in [0.1, 0.15) is 5.56 Å². The van der Waals surface area contributed by atoms with Crippen molar-refractivity contribution < 1.29 is 9.84 Å². The van der Waals surface area contributed by atoms with Gasteiger partial charge in [0.2, 0.25) is 0 Å². The largest absolute Gasteiger partial charge is 0.508 e. The van der Waals surface area contributed by atoms with E-state index in [1.807, 2.05) is 0 Å². The first-order valence-corrected chi connectivity index (χ1v) is 7.75. The number of aromatic hydroxyl groups is 1. The van der Waals surface area contributed by atoms with Crippen LogP contribution in [0.2, 0.25) is 0 Å². The van der Waals surface area contributed by atoms with Crippen LogP contribution in [0, 0.1) is 0 Å². The molecule has 3 N–H and O–H groups in total. The number of fused-ring (bicyclic) bond motifs is 3. The van der Waals surface area contributed by atoms with Crippen LogP contribution in [0.5, 0.6) is 11.5 Å². The molecule has 130 valence electrons. The van der Waals surface area contributed by atoms with Crippen LogP contribution in [0.25, 0.3) is 21.9 Å². The van der Waals surface area contributed by atoms with E-state index in [4.69, 9.17) is 4.74 Å². The van der Waals surface area contributed by atoms with Crippen molar-refractivity contribution in [2.45, 2.75) is 0 Å². The van der Waals surface area contributed by atoms with E-state index in [1.165, 1.54) is 18.3 Å². The number of methoxy groups -OCH3 is 1. The summed E-state index contributed by atoms with van der Waals surface area (Å²) in [7, 11) is 1.55. The zero-order valence-corrected chi connectivity index (χ0v) is 13.7. The molecule has 4 aromatic rings. The fraction of sp³-hybridized carbons (Fsp3) is 0.0556. The number of hydrogen-bond acceptors (Lipinski definition) is 5. The van der Waals surface area contributed by atoms with Crippen molar-refractivity contribution in [2.24, 2.45) is 5.10 Å². The summed E-state index contributed by atoms with van der Waals surface area (Å²) in [5.74, 6) is 0.698. The molecule has 0 bridgehead atoms. The molecule has 2 aromatic carbocycles.